The Labute approximate surface area is 189 Å². The Morgan fingerprint density at radius 2 is 2.00 bits per heavy atom. The maximum absolute atomic E-state index is 14.3. The molecule has 0 bridgehead atoms. The van der Waals surface area contributed by atoms with Crippen LogP contribution in [0.1, 0.15) is 24.8 Å². The topological polar surface area (TPSA) is 58.5 Å². The second-order valence-corrected chi connectivity index (χ2v) is 9.77. The van der Waals surface area contributed by atoms with Crippen molar-refractivity contribution in [3.05, 3.63) is 41.8 Å². The van der Waals surface area contributed by atoms with Gasteiger partial charge in [-0.05, 0) is 37.8 Å². The maximum Gasteiger partial charge on any atom is 0.143 e. The van der Waals surface area contributed by atoms with Crippen LogP contribution in [0, 0.1) is 16.6 Å². The number of anilines is 2. The molecule has 1 aliphatic carbocycles. The molecule has 32 heavy (non-hydrogen) atoms. The van der Waals surface area contributed by atoms with Gasteiger partial charge in [0.1, 0.15) is 5.82 Å². The molecule has 2 N–H and O–H groups in total. The van der Waals surface area contributed by atoms with Crippen LogP contribution >= 0.6 is 0 Å². The lowest BCUT2D eigenvalue weighted by Crippen LogP contribution is -2.54. The fourth-order valence-electron chi connectivity index (χ4n) is 6.22. The van der Waals surface area contributed by atoms with Crippen molar-refractivity contribution >= 4 is 17.6 Å². The van der Waals surface area contributed by atoms with E-state index in [1.165, 1.54) is 44.8 Å². The molecule has 2 aliphatic heterocycles. The first-order chi connectivity index (χ1) is 15.5. The number of halogens is 1. The normalized spacial score (nSPS) is 23.3. The van der Waals surface area contributed by atoms with Gasteiger partial charge in [-0.25, -0.2) is 4.39 Å². The van der Waals surface area contributed by atoms with Crippen molar-refractivity contribution in [2.75, 3.05) is 63.6 Å². The number of benzene rings is 1. The molecule has 170 valence electrons. The summed E-state index contributed by atoms with van der Waals surface area (Å²) in [4.78, 5) is 11.8. The minimum Gasteiger partial charge on any atom is -0.388 e. The summed E-state index contributed by atoms with van der Waals surface area (Å²) < 4.78 is 14.3. The third kappa shape index (κ3) is 3.77. The zero-order valence-electron chi connectivity index (χ0n) is 19.1. The zero-order chi connectivity index (χ0) is 22.3. The van der Waals surface area contributed by atoms with Crippen LogP contribution in [0.3, 0.4) is 0 Å². The predicted octanol–water partition coefficient (Wildman–Crippen LogP) is 3.53. The lowest BCUT2D eigenvalue weighted by molar-refractivity contribution is 0.0204. The third-order valence-corrected chi connectivity index (χ3v) is 7.67. The molecule has 1 atom stereocenters. The van der Waals surface area contributed by atoms with Gasteiger partial charge < -0.3 is 20.5 Å². The molecule has 6 nitrogen and oxygen atoms in total. The number of aromatic nitrogens is 1. The van der Waals surface area contributed by atoms with Gasteiger partial charge >= 0.3 is 0 Å². The second-order valence-electron chi connectivity index (χ2n) is 9.77. The highest BCUT2D eigenvalue weighted by Gasteiger charge is 2.48. The van der Waals surface area contributed by atoms with Crippen LogP contribution in [0.4, 0.5) is 15.8 Å². The van der Waals surface area contributed by atoms with E-state index in [4.69, 9.17) is 5.41 Å². The van der Waals surface area contributed by atoms with Crippen molar-refractivity contribution in [2.24, 2.45) is 5.41 Å². The largest absolute Gasteiger partial charge is 0.388 e. The van der Waals surface area contributed by atoms with Crippen LogP contribution in [-0.2, 0) is 0 Å². The summed E-state index contributed by atoms with van der Waals surface area (Å²) in [6.45, 7) is 6.24. The summed E-state index contributed by atoms with van der Waals surface area (Å²) in [7, 11) is 4.07. The average Bonchev–Trinajstić information content (AvgIpc) is 3.23. The van der Waals surface area contributed by atoms with Gasteiger partial charge in [0.25, 0.3) is 0 Å². The quantitative estimate of drug-likeness (QED) is 0.703. The highest BCUT2D eigenvalue weighted by molar-refractivity contribution is 5.97. The highest BCUT2D eigenvalue weighted by atomic mass is 19.1. The maximum atomic E-state index is 14.3. The van der Waals surface area contributed by atoms with Crippen LogP contribution in [0.2, 0.25) is 0 Å². The summed E-state index contributed by atoms with van der Waals surface area (Å²) in [6.07, 6.45) is 6.61. The molecular formula is C25H33FN6. The van der Waals surface area contributed by atoms with Gasteiger partial charge in [0.05, 0.1) is 17.6 Å². The molecule has 1 unspecified atom stereocenters. The van der Waals surface area contributed by atoms with E-state index in [0.29, 0.717) is 11.5 Å². The SMILES string of the molecule is CNc1cccc(-c2ncc(F)cc2N2CCN(C3CCC4(C3)CN(C)C4)CC2)c1C=N. The van der Waals surface area contributed by atoms with Crippen molar-refractivity contribution in [3.8, 4) is 11.3 Å². The van der Waals surface area contributed by atoms with E-state index in [1.54, 1.807) is 6.07 Å². The van der Waals surface area contributed by atoms with Crippen LogP contribution in [-0.4, -0.2) is 80.4 Å². The van der Waals surface area contributed by atoms with Gasteiger partial charge in [-0.15, -0.1) is 0 Å². The molecule has 3 heterocycles. The van der Waals surface area contributed by atoms with Crippen LogP contribution in [0.25, 0.3) is 11.3 Å². The fourth-order valence-corrected chi connectivity index (χ4v) is 6.22. The molecule has 1 aromatic carbocycles. The molecular weight excluding hydrogens is 403 g/mol. The van der Waals surface area contributed by atoms with Crippen molar-refractivity contribution in [1.29, 1.82) is 5.41 Å². The van der Waals surface area contributed by atoms with E-state index >= 15 is 0 Å². The predicted molar refractivity (Wildman–Crippen MR) is 128 cm³/mol. The van der Waals surface area contributed by atoms with Gasteiger partial charge in [-0.1, -0.05) is 12.1 Å². The number of nitrogens with one attached hydrogen (secondary N) is 2. The second kappa shape index (κ2) is 8.45. The molecule has 0 amide bonds. The van der Waals surface area contributed by atoms with Gasteiger partial charge in [0, 0.05) is 81.5 Å². The third-order valence-electron chi connectivity index (χ3n) is 7.67. The summed E-state index contributed by atoms with van der Waals surface area (Å²) in [5, 5.41) is 11.1. The van der Waals surface area contributed by atoms with Crippen LogP contribution in [0.15, 0.2) is 30.5 Å². The molecule has 1 saturated carbocycles. The van der Waals surface area contributed by atoms with Crippen molar-refractivity contribution in [2.45, 2.75) is 25.3 Å². The smallest absolute Gasteiger partial charge is 0.143 e. The number of hydrogen-bond acceptors (Lipinski definition) is 6. The molecule has 2 aromatic rings. The van der Waals surface area contributed by atoms with Crippen LogP contribution < -0.4 is 10.2 Å². The first kappa shape index (κ1) is 21.3. The van der Waals surface area contributed by atoms with E-state index < -0.39 is 0 Å². The Balaban J connectivity index is 1.35. The standard InChI is InChI=1S/C25H33FN6/c1-28-22-5-3-4-20(21(22)14-27)24-23(12-18(26)15-29-24)32-10-8-31(9-11-32)19-6-7-25(13-19)16-30(2)17-25/h3-5,12,14-15,19,27-28H,6-11,13,16-17H2,1-2H3. The monoisotopic (exact) mass is 436 g/mol. The van der Waals surface area contributed by atoms with Crippen molar-refractivity contribution in [3.63, 3.8) is 0 Å². The number of pyridine rings is 1. The fraction of sp³-hybridized carbons (Fsp3) is 0.520. The Hall–Kier alpha value is -2.51. The Morgan fingerprint density at radius 3 is 2.69 bits per heavy atom. The Kier molecular flexibility index (Phi) is 5.63. The first-order valence-corrected chi connectivity index (χ1v) is 11.7. The van der Waals surface area contributed by atoms with E-state index in [9.17, 15) is 4.39 Å². The number of hydrogen-bond donors (Lipinski definition) is 2. The van der Waals surface area contributed by atoms with Crippen molar-refractivity contribution < 1.29 is 4.39 Å². The Bertz CT molecular complexity index is 994. The number of piperazine rings is 1. The molecule has 5 rings (SSSR count). The van der Waals surface area contributed by atoms with Gasteiger partial charge in [0.15, 0.2) is 0 Å². The number of likely N-dealkylation sites (tertiary alicyclic amines) is 1. The van der Waals surface area contributed by atoms with Gasteiger partial charge in [-0.2, -0.15) is 0 Å². The lowest BCUT2D eigenvalue weighted by atomic mass is 9.78. The summed E-state index contributed by atoms with van der Waals surface area (Å²) in [6, 6.07) is 8.16. The molecule has 3 fully saturated rings. The molecule has 0 radical (unpaired) electrons. The summed E-state index contributed by atoms with van der Waals surface area (Å²) >= 11 is 0. The minimum atomic E-state index is -0.320. The number of nitrogens with zero attached hydrogens (tertiary/aromatic N) is 4. The van der Waals surface area contributed by atoms with Crippen molar-refractivity contribution in [1.82, 2.24) is 14.8 Å². The van der Waals surface area contributed by atoms with Crippen LogP contribution in [0.5, 0.6) is 0 Å². The molecule has 7 heteroatoms. The lowest BCUT2D eigenvalue weighted by Gasteiger charge is -2.47. The van der Waals surface area contributed by atoms with E-state index in [0.717, 1.165) is 54.4 Å². The summed E-state index contributed by atoms with van der Waals surface area (Å²) in [5.41, 5.74) is 4.64. The highest BCUT2D eigenvalue weighted by Crippen LogP contribution is 2.46. The minimum absolute atomic E-state index is 0.320. The molecule has 1 aromatic heterocycles. The van der Waals surface area contributed by atoms with Gasteiger partial charge in [-0.3, -0.25) is 9.88 Å². The zero-order valence-corrected chi connectivity index (χ0v) is 19.1. The number of rotatable bonds is 5. The molecule has 1 spiro atoms. The van der Waals surface area contributed by atoms with E-state index in [-0.39, 0.29) is 5.82 Å². The van der Waals surface area contributed by atoms with E-state index in [1.807, 2.05) is 25.2 Å². The first-order valence-electron chi connectivity index (χ1n) is 11.7. The Morgan fingerprint density at radius 1 is 1.22 bits per heavy atom. The van der Waals surface area contributed by atoms with Gasteiger partial charge in [0.2, 0.25) is 0 Å². The average molecular weight is 437 g/mol. The van der Waals surface area contributed by atoms with E-state index in [2.05, 4.69) is 32.0 Å². The summed E-state index contributed by atoms with van der Waals surface area (Å²) in [5.74, 6) is -0.320. The molecule has 2 saturated heterocycles. The molecule has 3 aliphatic rings.